The summed E-state index contributed by atoms with van der Waals surface area (Å²) in [6.45, 7) is 1.59. The van der Waals surface area contributed by atoms with E-state index in [1.54, 1.807) is 24.1 Å². The number of nitrogens with one attached hydrogen (secondary N) is 2. The van der Waals surface area contributed by atoms with Crippen LogP contribution in [0.25, 0.3) is 0 Å². The molecule has 0 aromatic carbocycles. The number of aromatic nitrogens is 2. The van der Waals surface area contributed by atoms with Gasteiger partial charge in [0.15, 0.2) is 6.29 Å². The third-order valence-corrected chi connectivity index (χ3v) is 8.87. The molecule has 2 unspecified atom stereocenters. The number of nitriles is 1. The van der Waals surface area contributed by atoms with Gasteiger partial charge in [0, 0.05) is 69.0 Å². The van der Waals surface area contributed by atoms with Gasteiger partial charge in [-0.1, -0.05) is 0 Å². The second-order valence-corrected chi connectivity index (χ2v) is 11.6. The number of ether oxygens (including phenoxy) is 1. The molecule has 3 amide bonds. The number of likely N-dealkylation sites (N-methyl/N-ethyl adjacent to an activating group) is 1. The third kappa shape index (κ3) is 4.94. The fourth-order valence-corrected chi connectivity index (χ4v) is 6.50. The molecule has 13 heteroatoms. The first-order chi connectivity index (χ1) is 20.2. The van der Waals surface area contributed by atoms with Crippen LogP contribution >= 0.6 is 0 Å². The highest BCUT2D eigenvalue weighted by molar-refractivity contribution is 6.03. The number of rotatable bonds is 7. The van der Waals surface area contributed by atoms with Gasteiger partial charge in [0.25, 0.3) is 0 Å². The normalized spacial score (nSPS) is 26.7. The molecule has 12 nitrogen and oxygen atoms in total. The maximum Gasteiger partial charge on any atom is 0.328 e. The molecule has 2 N–H and O–H groups in total. The van der Waals surface area contributed by atoms with Crippen LogP contribution in [0.5, 0.6) is 0 Å². The third-order valence-electron chi connectivity index (χ3n) is 8.87. The van der Waals surface area contributed by atoms with Gasteiger partial charge < -0.3 is 15.0 Å². The van der Waals surface area contributed by atoms with E-state index >= 15 is 4.39 Å². The predicted molar refractivity (Wildman–Crippen MR) is 151 cm³/mol. The van der Waals surface area contributed by atoms with E-state index in [-0.39, 0.29) is 66.9 Å². The lowest BCUT2D eigenvalue weighted by Gasteiger charge is -2.52. The average Bonchev–Trinajstić information content (AvgIpc) is 3.41. The highest BCUT2D eigenvalue weighted by atomic mass is 19.1. The standard InChI is InChI=1S/C29H33FN8O4/c1-36-6-7-37(26(40)15-36)14-17-8-20-27(34-23(17)16-39)38(19-10-29(20,30)11-19)28(41)35-25-9-22(18(12-31)13-32-25)33-21-4-3-5-24(21)42-2/h8-9,13,16,19,21,24H,3-7,10-11,14-15H2,1-2H3,(H2,32,33,35,41). The van der Waals surface area contributed by atoms with E-state index in [0.717, 1.165) is 19.3 Å². The summed E-state index contributed by atoms with van der Waals surface area (Å²) in [6, 6.07) is 4.35. The topological polar surface area (TPSA) is 144 Å². The summed E-state index contributed by atoms with van der Waals surface area (Å²) in [5, 5.41) is 15.8. The van der Waals surface area contributed by atoms with Crippen molar-refractivity contribution in [2.24, 2.45) is 0 Å². The lowest BCUT2D eigenvalue weighted by Crippen LogP contribution is -2.60. The fourth-order valence-electron chi connectivity index (χ4n) is 6.50. The molecule has 42 heavy (non-hydrogen) atoms. The predicted octanol–water partition coefficient (Wildman–Crippen LogP) is 2.79. The van der Waals surface area contributed by atoms with Gasteiger partial charge in [-0.05, 0) is 32.4 Å². The Morgan fingerprint density at radius 3 is 2.83 bits per heavy atom. The zero-order valence-corrected chi connectivity index (χ0v) is 23.6. The fraction of sp³-hybridized carbons (Fsp3) is 0.517. The van der Waals surface area contributed by atoms with Crippen LogP contribution in [-0.2, 0) is 21.7 Å². The Labute approximate surface area is 242 Å². The number of piperazine rings is 1. The molecular formula is C29H33FN8O4. The molecule has 2 atom stereocenters. The number of urea groups is 1. The van der Waals surface area contributed by atoms with E-state index in [1.165, 1.54) is 11.1 Å². The maximum atomic E-state index is 15.9. The average molecular weight is 577 g/mol. The lowest BCUT2D eigenvalue weighted by atomic mass is 9.68. The summed E-state index contributed by atoms with van der Waals surface area (Å²) in [4.78, 5) is 51.9. The Morgan fingerprint density at radius 2 is 2.12 bits per heavy atom. The summed E-state index contributed by atoms with van der Waals surface area (Å²) in [6.07, 6.45) is 5.01. The number of aldehydes is 1. The first kappa shape index (κ1) is 28.0. The van der Waals surface area contributed by atoms with Gasteiger partial charge >= 0.3 is 6.03 Å². The largest absolute Gasteiger partial charge is 0.379 e. The molecule has 2 aromatic heterocycles. The van der Waals surface area contributed by atoms with E-state index < -0.39 is 17.7 Å². The molecule has 0 radical (unpaired) electrons. The van der Waals surface area contributed by atoms with Crippen LogP contribution in [0.3, 0.4) is 0 Å². The minimum Gasteiger partial charge on any atom is -0.379 e. The molecule has 7 rings (SSSR count). The minimum absolute atomic E-state index is 0.0181. The van der Waals surface area contributed by atoms with Gasteiger partial charge in [-0.15, -0.1) is 0 Å². The van der Waals surface area contributed by atoms with Crippen molar-refractivity contribution in [2.75, 3.05) is 49.3 Å². The zero-order chi connectivity index (χ0) is 29.6. The van der Waals surface area contributed by atoms with Crippen LogP contribution in [0.4, 0.5) is 26.5 Å². The molecule has 2 bridgehead atoms. The van der Waals surface area contributed by atoms with Crippen LogP contribution in [0.15, 0.2) is 18.3 Å². The maximum absolute atomic E-state index is 15.9. The molecule has 5 aliphatic rings. The van der Waals surface area contributed by atoms with Crippen LogP contribution in [0.1, 0.15) is 59.3 Å². The molecule has 1 saturated heterocycles. The van der Waals surface area contributed by atoms with E-state index in [2.05, 4.69) is 26.7 Å². The Kier molecular flexibility index (Phi) is 7.28. The van der Waals surface area contributed by atoms with E-state index in [0.29, 0.717) is 36.2 Å². The molecule has 2 aromatic rings. The van der Waals surface area contributed by atoms with Gasteiger partial charge in [0.1, 0.15) is 29.1 Å². The highest BCUT2D eigenvalue weighted by Crippen LogP contribution is 2.56. The van der Waals surface area contributed by atoms with E-state index in [4.69, 9.17) is 4.74 Å². The summed E-state index contributed by atoms with van der Waals surface area (Å²) >= 11 is 0. The highest BCUT2D eigenvalue weighted by Gasteiger charge is 2.57. The number of pyridine rings is 2. The summed E-state index contributed by atoms with van der Waals surface area (Å²) < 4.78 is 21.4. The molecule has 5 heterocycles. The van der Waals surface area contributed by atoms with Crippen molar-refractivity contribution < 1.29 is 23.5 Å². The minimum atomic E-state index is -1.66. The molecule has 3 aliphatic heterocycles. The van der Waals surface area contributed by atoms with Gasteiger partial charge in [0.2, 0.25) is 5.91 Å². The molecule has 2 aliphatic carbocycles. The van der Waals surface area contributed by atoms with Crippen molar-refractivity contribution in [3.8, 4) is 6.07 Å². The van der Waals surface area contributed by atoms with E-state index in [9.17, 15) is 19.6 Å². The quantitative estimate of drug-likeness (QED) is 0.476. The molecule has 2 saturated carbocycles. The number of halogens is 1. The number of carbonyl (C=O) groups is 3. The number of anilines is 3. The summed E-state index contributed by atoms with van der Waals surface area (Å²) in [5.74, 6) is 0.230. The Balaban J connectivity index is 1.26. The summed E-state index contributed by atoms with van der Waals surface area (Å²) in [7, 11) is 3.53. The van der Waals surface area contributed by atoms with Crippen LogP contribution in [0, 0.1) is 11.3 Å². The Bertz CT molecular complexity index is 1470. The second kappa shape index (κ2) is 10.9. The van der Waals surface area contributed by atoms with Crippen LogP contribution in [0.2, 0.25) is 0 Å². The van der Waals surface area contributed by atoms with Gasteiger partial charge in [-0.2, -0.15) is 5.26 Å². The van der Waals surface area contributed by atoms with Crippen molar-refractivity contribution in [1.29, 1.82) is 5.26 Å². The van der Waals surface area contributed by atoms with Crippen molar-refractivity contribution >= 4 is 35.5 Å². The molecular weight excluding hydrogens is 543 g/mol. The van der Waals surface area contributed by atoms with Gasteiger partial charge in [-0.25, -0.2) is 19.2 Å². The van der Waals surface area contributed by atoms with Gasteiger partial charge in [-0.3, -0.25) is 24.7 Å². The van der Waals surface area contributed by atoms with Gasteiger partial charge in [0.05, 0.1) is 29.9 Å². The Hall–Kier alpha value is -4.15. The number of hydrogen-bond donors (Lipinski definition) is 2. The summed E-state index contributed by atoms with van der Waals surface area (Å²) in [5.41, 5.74) is -0.0286. The molecule has 0 spiro atoms. The second-order valence-electron chi connectivity index (χ2n) is 11.6. The van der Waals surface area contributed by atoms with Crippen molar-refractivity contribution in [3.63, 3.8) is 0 Å². The van der Waals surface area contributed by atoms with Crippen LogP contribution in [-0.4, -0.2) is 90.0 Å². The lowest BCUT2D eigenvalue weighted by molar-refractivity contribution is -0.136. The number of nitrogens with zero attached hydrogens (tertiary/aromatic N) is 6. The first-order valence-corrected chi connectivity index (χ1v) is 14.2. The zero-order valence-electron chi connectivity index (χ0n) is 23.6. The number of alkyl halides is 1. The number of hydrogen-bond acceptors (Lipinski definition) is 9. The smallest absolute Gasteiger partial charge is 0.328 e. The number of methoxy groups -OCH3 is 1. The van der Waals surface area contributed by atoms with Crippen LogP contribution < -0.4 is 15.5 Å². The molecule has 3 fully saturated rings. The van der Waals surface area contributed by atoms with Crippen molar-refractivity contribution in [2.45, 2.75) is 62.5 Å². The number of amides is 3. The first-order valence-electron chi connectivity index (χ1n) is 14.2. The monoisotopic (exact) mass is 576 g/mol. The number of carbonyl (C=O) groups excluding carboxylic acids is 3. The van der Waals surface area contributed by atoms with Crippen molar-refractivity contribution in [1.82, 2.24) is 19.8 Å². The Morgan fingerprint density at radius 1 is 1.31 bits per heavy atom. The van der Waals surface area contributed by atoms with E-state index in [1.807, 2.05) is 11.9 Å². The SMILES string of the molecule is COC1CCCC1Nc1cc(NC(=O)N2c3nc(C=O)c(CN4CCN(C)CC4=O)cc3C3(F)CC2C3)ncc1C#N. The molecule has 220 valence electrons. The van der Waals surface area contributed by atoms with Crippen molar-refractivity contribution in [3.05, 3.63) is 40.7 Å².